The Morgan fingerprint density at radius 2 is 1.83 bits per heavy atom. The SMILES string of the molecule is COc1cccc([C@H]2NC(=O)N[C@@](O)(C(F)(F)F)[C@H]2C(=O)c2ccc(F)cc2)c1. The number of amides is 2. The van der Waals surface area contributed by atoms with Gasteiger partial charge in [-0.1, -0.05) is 12.1 Å². The van der Waals surface area contributed by atoms with E-state index in [1.54, 1.807) is 0 Å². The molecule has 1 aliphatic heterocycles. The highest BCUT2D eigenvalue weighted by Crippen LogP contribution is 2.44. The Labute approximate surface area is 162 Å². The quantitative estimate of drug-likeness (QED) is 0.532. The van der Waals surface area contributed by atoms with Crippen molar-refractivity contribution < 1.29 is 37.0 Å². The highest BCUT2D eigenvalue weighted by atomic mass is 19.4. The summed E-state index contributed by atoms with van der Waals surface area (Å²) < 4.78 is 59.6. The summed E-state index contributed by atoms with van der Waals surface area (Å²) >= 11 is 0. The number of alkyl halides is 3. The molecule has 2 aromatic rings. The number of ether oxygens (including phenoxy) is 1. The molecule has 3 atom stereocenters. The number of methoxy groups -OCH3 is 1. The lowest BCUT2D eigenvalue weighted by Crippen LogP contribution is -2.72. The number of carbonyl (C=O) groups excluding carboxylic acids is 2. The van der Waals surface area contributed by atoms with Crippen LogP contribution in [0.3, 0.4) is 0 Å². The van der Waals surface area contributed by atoms with Crippen LogP contribution in [-0.4, -0.2) is 35.9 Å². The first-order valence-electron chi connectivity index (χ1n) is 8.38. The summed E-state index contributed by atoms with van der Waals surface area (Å²) in [6.45, 7) is 0. The molecule has 0 saturated carbocycles. The van der Waals surface area contributed by atoms with Gasteiger partial charge < -0.3 is 20.5 Å². The number of Topliss-reactive ketones (excluding diaryl/α,β-unsaturated/α-hetero) is 1. The Morgan fingerprint density at radius 1 is 1.17 bits per heavy atom. The normalized spacial score (nSPS) is 24.4. The number of ketones is 1. The molecule has 10 heteroatoms. The lowest BCUT2D eigenvalue weighted by Gasteiger charge is -2.45. The molecule has 0 aliphatic carbocycles. The zero-order valence-electron chi connectivity index (χ0n) is 15.0. The van der Waals surface area contributed by atoms with Gasteiger partial charge >= 0.3 is 12.2 Å². The molecule has 1 fully saturated rings. The molecule has 29 heavy (non-hydrogen) atoms. The van der Waals surface area contributed by atoms with Crippen molar-refractivity contribution in [3.05, 3.63) is 65.5 Å². The van der Waals surface area contributed by atoms with Crippen molar-refractivity contribution in [3.8, 4) is 5.75 Å². The fraction of sp³-hybridized carbons (Fsp3) is 0.263. The van der Waals surface area contributed by atoms with E-state index in [-0.39, 0.29) is 16.9 Å². The Kier molecular flexibility index (Phi) is 5.22. The van der Waals surface area contributed by atoms with Crippen molar-refractivity contribution in [2.24, 2.45) is 5.92 Å². The lowest BCUT2D eigenvalue weighted by atomic mass is 9.77. The van der Waals surface area contributed by atoms with Crippen molar-refractivity contribution in [1.29, 1.82) is 0 Å². The fourth-order valence-corrected chi connectivity index (χ4v) is 3.25. The van der Waals surface area contributed by atoms with Gasteiger partial charge in [0.05, 0.1) is 13.2 Å². The third-order valence-corrected chi connectivity index (χ3v) is 4.67. The predicted octanol–water partition coefficient (Wildman–Crippen LogP) is 2.94. The van der Waals surface area contributed by atoms with Crippen LogP contribution in [0.15, 0.2) is 48.5 Å². The second-order valence-corrected chi connectivity index (χ2v) is 6.47. The molecule has 1 heterocycles. The van der Waals surface area contributed by atoms with Crippen LogP contribution < -0.4 is 15.4 Å². The zero-order chi connectivity index (χ0) is 21.4. The van der Waals surface area contributed by atoms with E-state index in [2.05, 4.69) is 5.32 Å². The van der Waals surface area contributed by atoms with Gasteiger partial charge in [-0.2, -0.15) is 13.2 Å². The smallest absolute Gasteiger partial charge is 0.437 e. The minimum atomic E-state index is -5.37. The lowest BCUT2D eigenvalue weighted by molar-refractivity contribution is -0.287. The molecule has 0 bridgehead atoms. The second kappa shape index (κ2) is 7.36. The maximum Gasteiger partial charge on any atom is 0.437 e. The van der Waals surface area contributed by atoms with E-state index in [0.29, 0.717) is 0 Å². The predicted molar refractivity (Wildman–Crippen MR) is 92.6 cm³/mol. The number of rotatable bonds is 4. The zero-order valence-corrected chi connectivity index (χ0v) is 15.0. The molecule has 154 valence electrons. The number of nitrogens with one attached hydrogen (secondary N) is 2. The molecule has 2 amide bonds. The highest BCUT2D eigenvalue weighted by molar-refractivity contribution is 6.00. The molecule has 0 spiro atoms. The van der Waals surface area contributed by atoms with Crippen LogP contribution >= 0.6 is 0 Å². The van der Waals surface area contributed by atoms with Gasteiger partial charge in [0.15, 0.2) is 5.78 Å². The molecule has 3 N–H and O–H groups in total. The second-order valence-electron chi connectivity index (χ2n) is 6.47. The third-order valence-electron chi connectivity index (χ3n) is 4.67. The molecule has 0 unspecified atom stereocenters. The van der Waals surface area contributed by atoms with Crippen LogP contribution in [-0.2, 0) is 0 Å². The summed E-state index contributed by atoms with van der Waals surface area (Å²) in [6.07, 6.45) is -5.37. The summed E-state index contributed by atoms with van der Waals surface area (Å²) in [5.74, 6) is -3.74. The Bertz CT molecular complexity index is 933. The summed E-state index contributed by atoms with van der Waals surface area (Å²) in [5, 5.41) is 14.1. The van der Waals surface area contributed by atoms with Crippen LogP contribution in [0.5, 0.6) is 5.75 Å². The number of benzene rings is 2. The van der Waals surface area contributed by atoms with E-state index in [9.17, 15) is 32.3 Å². The molecule has 0 aromatic heterocycles. The number of hydrogen-bond donors (Lipinski definition) is 3. The standard InChI is InChI=1S/C19H16F4N2O4/c1-29-13-4-2-3-11(9-13)15-14(16(26)10-5-7-12(20)8-6-10)18(28,19(21,22)23)25-17(27)24-15/h2-9,14-15,28H,1H3,(H2,24,25,27)/t14-,15-,18+/m1/s1. The minimum absolute atomic E-state index is 0.113. The summed E-state index contributed by atoms with van der Waals surface area (Å²) in [5.41, 5.74) is -4.00. The van der Waals surface area contributed by atoms with E-state index < -0.39 is 41.5 Å². The maximum absolute atomic E-state index is 13.8. The van der Waals surface area contributed by atoms with Crippen LogP contribution in [0, 0.1) is 11.7 Å². The highest BCUT2D eigenvalue weighted by Gasteiger charge is 2.66. The largest absolute Gasteiger partial charge is 0.497 e. The molecule has 2 aromatic carbocycles. The van der Waals surface area contributed by atoms with Gasteiger partial charge in [0.25, 0.3) is 0 Å². The van der Waals surface area contributed by atoms with Crippen LogP contribution in [0.2, 0.25) is 0 Å². The first-order chi connectivity index (χ1) is 13.6. The van der Waals surface area contributed by atoms with Gasteiger partial charge in [0, 0.05) is 5.56 Å². The van der Waals surface area contributed by atoms with Gasteiger partial charge in [-0.15, -0.1) is 0 Å². The van der Waals surface area contributed by atoms with Crippen molar-refractivity contribution in [1.82, 2.24) is 10.6 Å². The van der Waals surface area contributed by atoms with Gasteiger partial charge in [-0.05, 0) is 42.0 Å². The van der Waals surface area contributed by atoms with E-state index in [0.717, 1.165) is 24.3 Å². The first kappa shape index (κ1) is 20.6. The van der Waals surface area contributed by atoms with Crippen LogP contribution in [0.4, 0.5) is 22.4 Å². The molecular weight excluding hydrogens is 396 g/mol. The first-order valence-corrected chi connectivity index (χ1v) is 8.38. The summed E-state index contributed by atoms with van der Waals surface area (Å²) in [6, 6.07) is 6.72. The molecule has 3 rings (SSSR count). The third kappa shape index (κ3) is 3.75. The molecule has 1 saturated heterocycles. The molecule has 0 radical (unpaired) electrons. The van der Waals surface area contributed by atoms with Crippen molar-refractivity contribution in [3.63, 3.8) is 0 Å². The maximum atomic E-state index is 13.8. The van der Waals surface area contributed by atoms with Crippen molar-refractivity contribution in [2.45, 2.75) is 17.9 Å². The summed E-state index contributed by atoms with van der Waals surface area (Å²) in [7, 11) is 1.34. The number of halogens is 4. The molecule has 6 nitrogen and oxygen atoms in total. The van der Waals surface area contributed by atoms with Gasteiger partial charge in [-0.3, -0.25) is 4.79 Å². The molecular formula is C19H16F4N2O4. The molecule has 1 aliphatic rings. The van der Waals surface area contributed by atoms with Crippen molar-refractivity contribution in [2.75, 3.05) is 7.11 Å². The van der Waals surface area contributed by atoms with Gasteiger partial charge in [-0.25, -0.2) is 9.18 Å². The van der Waals surface area contributed by atoms with E-state index in [4.69, 9.17) is 4.74 Å². The van der Waals surface area contributed by atoms with E-state index >= 15 is 0 Å². The number of carbonyl (C=O) groups is 2. The average Bonchev–Trinajstić information content (AvgIpc) is 2.66. The van der Waals surface area contributed by atoms with Crippen LogP contribution in [0.1, 0.15) is 22.0 Å². The Balaban J connectivity index is 2.16. The topological polar surface area (TPSA) is 87.7 Å². The van der Waals surface area contributed by atoms with E-state index in [1.165, 1.54) is 36.7 Å². The summed E-state index contributed by atoms with van der Waals surface area (Å²) in [4.78, 5) is 25.0. The van der Waals surface area contributed by atoms with Crippen LogP contribution in [0.25, 0.3) is 0 Å². The minimum Gasteiger partial charge on any atom is -0.497 e. The monoisotopic (exact) mass is 412 g/mol. The fourth-order valence-electron chi connectivity index (χ4n) is 3.25. The van der Waals surface area contributed by atoms with Gasteiger partial charge in [0.2, 0.25) is 5.72 Å². The van der Waals surface area contributed by atoms with Gasteiger partial charge in [0.1, 0.15) is 17.5 Å². The average molecular weight is 412 g/mol. The number of hydrogen-bond acceptors (Lipinski definition) is 4. The van der Waals surface area contributed by atoms with E-state index in [1.807, 2.05) is 0 Å². The Morgan fingerprint density at radius 3 is 2.41 bits per heavy atom. The van der Waals surface area contributed by atoms with Crippen molar-refractivity contribution >= 4 is 11.8 Å². The number of urea groups is 1. The number of aliphatic hydroxyl groups is 1. The Hall–Kier alpha value is -3.14.